The van der Waals surface area contributed by atoms with Crippen molar-refractivity contribution in [3.8, 4) is 0 Å². The van der Waals surface area contributed by atoms with Crippen LogP contribution in [0.2, 0.25) is 0 Å². The number of piperidine rings is 2. The maximum atomic E-state index is 5.34. The predicted molar refractivity (Wildman–Crippen MR) is 98.4 cm³/mol. The van der Waals surface area contributed by atoms with Crippen LogP contribution in [-0.2, 0) is 9.47 Å². The van der Waals surface area contributed by atoms with Gasteiger partial charge in [0.1, 0.15) is 0 Å². The van der Waals surface area contributed by atoms with Crippen LogP contribution in [0.4, 0.5) is 0 Å². The fourth-order valence-electron chi connectivity index (χ4n) is 5.09. The van der Waals surface area contributed by atoms with Crippen LogP contribution in [-0.4, -0.2) is 76.5 Å². The summed E-state index contributed by atoms with van der Waals surface area (Å²) in [6.45, 7) is 9.72. The molecule has 0 bridgehead atoms. The molecular weight excluding hydrogens is 300 g/mol. The van der Waals surface area contributed by atoms with E-state index in [0.29, 0.717) is 5.41 Å². The maximum Gasteiger partial charge on any atom is 0.0491 e. The van der Waals surface area contributed by atoms with Crippen molar-refractivity contribution >= 4 is 0 Å². The Balaban J connectivity index is 1.42. The number of likely N-dealkylation sites (tertiary alicyclic amines) is 2. The van der Waals surface area contributed by atoms with Crippen molar-refractivity contribution in [3.63, 3.8) is 0 Å². The van der Waals surface area contributed by atoms with Gasteiger partial charge in [-0.3, -0.25) is 0 Å². The van der Waals surface area contributed by atoms with Crippen LogP contribution in [0.1, 0.15) is 44.9 Å². The zero-order chi connectivity index (χ0) is 16.8. The maximum absolute atomic E-state index is 5.34. The van der Waals surface area contributed by atoms with Gasteiger partial charge in [0.2, 0.25) is 0 Å². The molecule has 0 aromatic carbocycles. The first-order chi connectivity index (χ1) is 11.7. The summed E-state index contributed by atoms with van der Waals surface area (Å²) in [6.07, 6.45) is 9.64. The molecule has 3 fully saturated rings. The largest absolute Gasteiger partial charge is 0.384 e. The van der Waals surface area contributed by atoms with E-state index in [1.807, 2.05) is 14.2 Å². The van der Waals surface area contributed by atoms with Gasteiger partial charge in [-0.1, -0.05) is 6.42 Å². The number of hydrogen-bond acceptors (Lipinski definition) is 4. The third-order valence-electron chi connectivity index (χ3n) is 6.75. The van der Waals surface area contributed by atoms with Crippen LogP contribution < -0.4 is 0 Å². The molecule has 0 spiro atoms. The smallest absolute Gasteiger partial charge is 0.0491 e. The molecule has 0 amide bonds. The van der Waals surface area contributed by atoms with Gasteiger partial charge in [-0.05, 0) is 82.0 Å². The van der Waals surface area contributed by atoms with E-state index in [2.05, 4.69) is 9.80 Å². The fourth-order valence-corrected chi connectivity index (χ4v) is 5.09. The van der Waals surface area contributed by atoms with E-state index in [4.69, 9.17) is 9.47 Å². The second kappa shape index (κ2) is 8.98. The Morgan fingerprint density at radius 2 is 1.17 bits per heavy atom. The number of ether oxygens (including phenoxy) is 2. The van der Waals surface area contributed by atoms with E-state index in [1.165, 1.54) is 84.2 Å². The zero-order valence-electron chi connectivity index (χ0n) is 16.0. The lowest BCUT2D eigenvalue weighted by Gasteiger charge is -2.49. The molecule has 3 aliphatic rings. The van der Waals surface area contributed by atoms with Crippen LogP contribution in [0.25, 0.3) is 0 Å². The van der Waals surface area contributed by atoms with E-state index in [9.17, 15) is 0 Å². The van der Waals surface area contributed by atoms with Crippen molar-refractivity contribution < 1.29 is 9.47 Å². The van der Waals surface area contributed by atoms with Crippen LogP contribution in [0.5, 0.6) is 0 Å². The highest BCUT2D eigenvalue weighted by Crippen LogP contribution is 2.43. The molecule has 1 aliphatic carbocycles. The van der Waals surface area contributed by atoms with Gasteiger partial charge in [0, 0.05) is 40.5 Å². The lowest BCUT2D eigenvalue weighted by atomic mass is 9.67. The first-order valence-corrected chi connectivity index (χ1v) is 10.2. The predicted octanol–water partition coefficient (Wildman–Crippen LogP) is 2.87. The first-order valence-electron chi connectivity index (χ1n) is 10.2. The number of methoxy groups -OCH3 is 2. The third-order valence-corrected chi connectivity index (χ3v) is 6.75. The van der Waals surface area contributed by atoms with Gasteiger partial charge in [0.25, 0.3) is 0 Å². The molecule has 0 N–H and O–H groups in total. The van der Waals surface area contributed by atoms with Crippen molar-refractivity contribution in [2.45, 2.75) is 44.9 Å². The molecule has 0 radical (unpaired) electrons. The second-order valence-corrected chi connectivity index (χ2v) is 8.70. The van der Waals surface area contributed by atoms with E-state index in [0.717, 1.165) is 25.0 Å². The molecule has 2 saturated heterocycles. The van der Waals surface area contributed by atoms with Gasteiger partial charge in [-0.25, -0.2) is 0 Å². The minimum atomic E-state index is 0.599. The highest BCUT2D eigenvalue weighted by atomic mass is 16.5. The Bertz CT molecular complexity index is 327. The standard InChI is InChI=1S/C20H38N2O2/c1-23-14-18-4-10-21(11-5-18)16-20(8-3-9-20)17-22-12-6-19(7-13-22)15-24-2/h18-19H,3-17H2,1-2H3. The molecule has 0 aromatic rings. The van der Waals surface area contributed by atoms with Crippen molar-refractivity contribution in [2.75, 3.05) is 66.7 Å². The molecule has 140 valence electrons. The molecule has 4 nitrogen and oxygen atoms in total. The summed E-state index contributed by atoms with van der Waals surface area (Å²) in [5, 5.41) is 0. The minimum Gasteiger partial charge on any atom is -0.384 e. The SMILES string of the molecule is COCC1CCN(CC2(CN3CCC(COC)CC3)CCC2)CC1. The van der Waals surface area contributed by atoms with Gasteiger partial charge < -0.3 is 19.3 Å². The molecule has 3 rings (SSSR count). The van der Waals surface area contributed by atoms with Gasteiger partial charge in [0.05, 0.1) is 0 Å². The molecule has 4 heteroatoms. The van der Waals surface area contributed by atoms with Gasteiger partial charge >= 0.3 is 0 Å². The molecule has 2 heterocycles. The van der Waals surface area contributed by atoms with E-state index in [-0.39, 0.29) is 0 Å². The minimum absolute atomic E-state index is 0.599. The molecule has 1 saturated carbocycles. The second-order valence-electron chi connectivity index (χ2n) is 8.70. The van der Waals surface area contributed by atoms with E-state index in [1.54, 1.807) is 0 Å². The number of rotatable bonds is 8. The van der Waals surface area contributed by atoms with Crippen LogP contribution >= 0.6 is 0 Å². The Hall–Kier alpha value is -0.160. The molecular formula is C20H38N2O2. The average Bonchev–Trinajstić information content (AvgIpc) is 2.57. The normalized spacial score (nSPS) is 27.2. The number of nitrogens with zero attached hydrogens (tertiary/aromatic N) is 2. The Kier molecular flexibility index (Phi) is 6.97. The monoisotopic (exact) mass is 338 g/mol. The summed E-state index contributed by atoms with van der Waals surface area (Å²) in [7, 11) is 3.68. The summed E-state index contributed by atoms with van der Waals surface area (Å²) in [5.74, 6) is 1.59. The topological polar surface area (TPSA) is 24.9 Å². The highest BCUT2D eigenvalue weighted by molar-refractivity contribution is 4.94. The van der Waals surface area contributed by atoms with Crippen LogP contribution in [0.15, 0.2) is 0 Å². The number of hydrogen-bond donors (Lipinski definition) is 0. The van der Waals surface area contributed by atoms with Crippen molar-refractivity contribution in [1.82, 2.24) is 9.80 Å². The lowest BCUT2D eigenvalue weighted by molar-refractivity contribution is -0.00272. The first kappa shape index (κ1) is 18.6. The van der Waals surface area contributed by atoms with Crippen molar-refractivity contribution in [1.29, 1.82) is 0 Å². The Labute approximate surface area is 148 Å². The van der Waals surface area contributed by atoms with Crippen molar-refractivity contribution in [3.05, 3.63) is 0 Å². The summed E-state index contributed by atoms with van der Waals surface area (Å²) in [4.78, 5) is 5.51. The van der Waals surface area contributed by atoms with Crippen LogP contribution in [0.3, 0.4) is 0 Å². The van der Waals surface area contributed by atoms with Crippen LogP contribution in [0, 0.1) is 17.3 Å². The van der Waals surface area contributed by atoms with E-state index >= 15 is 0 Å². The summed E-state index contributed by atoms with van der Waals surface area (Å²) in [6, 6.07) is 0. The van der Waals surface area contributed by atoms with Gasteiger partial charge in [-0.15, -0.1) is 0 Å². The fraction of sp³-hybridized carbons (Fsp3) is 1.00. The zero-order valence-corrected chi connectivity index (χ0v) is 16.0. The molecule has 2 aliphatic heterocycles. The third kappa shape index (κ3) is 4.94. The molecule has 0 aromatic heterocycles. The van der Waals surface area contributed by atoms with E-state index < -0.39 is 0 Å². The molecule has 24 heavy (non-hydrogen) atoms. The highest BCUT2D eigenvalue weighted by Gasteiger charge is 2.40. The van der Waals surface area contributed by atoms with Crippen molar-refractivity contribution in [2.24, 2.45) is 17.3 Å². The quantitative estimate of drug-likeness (QED) is 0.679. The Morgan fingerprint density at radius 3 is 1.46 bits per heavy atom. The van der Waals surface area contributed by atoms with Gasteiger partial charge in [-0.2, -0.15) is 0 Å². The molecule has 0 atom stereocenters. The summed E-state index contributed by atoms with van der Waals surface area (Å²) < 4.78 is 10.7. The average molecular weight is 339 g/mol. The van der Waals surface area contributed by atoms with Gasteiger partial charge in [0.15, 0.2) is 0 Å². The Morgan fingerprint density at radius 1 is 0.750 bits per heavy atom. The lowest BCUT2D eigenvalue weighted by Crippen LogP contribution is -2.52. The summed E-state index contributed by atoms with van der Waals surface area (Å²) >= 11 is 0. The summed E-state index contributed by atoms with van der Waals surface area (Å²) in [5.41, 5.74) is 0.599. The molecule has 0 unspecified atom stereocenters.